The molecular formula is C20H19F2IN2O4. The number of anilines is 2. The molecule has 6 nitrogen and oxygen atoms in total. The summed E-state index contributed by atoms with van der Waals surface area (Å²) in [4.78, 5) is 25.6. The number of carbonyl (C=O) groups is 2. The largest absolute Gasteiger partial charge is 0.478 e. The van der Waals surface area contributed by atoms with E-state index >= 15 is 0 Å². The highest BCUT2D eigenvalue weighted by molar-refractivity contribution is 14.1. The highest BCUT2D eigenvalue weighted by Gasteiger charge is 2.30. The Labute approximate surface area is 179 Å². The van der Waals surface area contributed by atoms with Crippen molar-refractivity contribution in [3.63, 3.8) is 0 Å². The zero-order valence-corrected chi connectivity index (χ0v) is 17.7. The highest BCUT2D eigenvalue weighted by Crippen LogP contribution is 2.31. The third-order valence-electron chi connectivity index (χ3n) is 4.80. The third-order valence-corrected chi connectivity index (χ3v) is 5.47. The number of aliphatic hydroxyl groups excluding tert-OH is 1. The Balaban J connectivity index is 2.04. The molecule has 0 spiro atoms. The summed E-state index contributed by atoms with van der Waals surface area (Å²) in [6.45, 7) is 2.02. The van der Waals surface area contributed by atoms with Crippen molar-refractivity contribution in [2.24, 2.45) is 0 Å². The predicted octanol–water partition coefficient (Wildman–Crippen LogP) is 3.92. The maximum atomic E-state index is 14.9. The molecule has 0 radical (unpaired) electrons. The molecule has 1 amide bonds. The van der Waals surface area contributed by atoms with Crippen molar-refractivity contribution in [3.05, 3.63) is 56.2 Å². The molecule has 1 aliphatic heterocycles. The van der Waals surface area contributed by atoms with Crippen molar-refractivity contribution in [3.8, 4) is 0 Å². The fraction of sp³-hybridized carbons (Fsp3) is 0.300. The number of β-amino-alcohol motifs (C(OH)–C–C–N with tert-alkyl or cyclic N) is 1. The minimum absolute atomic E-state index is 0.00978. The smallest absolute Gasteiger partial charge is 0.337 e. The molecule has 1 fully saturated rings. The van der Waals surface area contributed by atoms with E-state index in [0.717, 1.165) is 15.2 Å². The molecule has 9 heteroatoms. The van der Waals surface area contributed by atoms with Gasteiger partial charge in [0.15, 0.2) is 11.6 Å². The van der Waals surface area contributed by atoms with Crippen molar-refractivity contribution in [2.75, 3.05) is 18.4 Å². The number of piperidine rings is 1. The van der Waals surface area contributed by atoms with Gasteiger partial charge in [0.25, 0.3) is 5.91 Å². The Morgan fingerprint density at radius 2 is 1.93 bits per heavy atom. The van der Waals surface area contributed by atoms with E-state index in [1.54, 1.807) is 25.1 Å². The van der Waals surface area contributed by atoms with Gasteiger partial charge in [-0.05, 0) is 72.2 Å². The van der Waals surface area contributed by atoms with E-state index in [-0.39, 0.29) is 13.1 Å². The first-order chi connectivity index (χ1) is 13.7. The molecule has 1 saturated heterocycles. The Morgan fingerprint density at radius 1 is 1.21 bits per heavy atom. The van der Waals surface area contributed by atoms with E-state index in [1.165, 1.54) is 4.90 Å². The summed E-state index contributed by atoms with van der Waals surface area (Å²) >= 11 is 2.10. The lowest BCUT2D eigenvalue weighted by molar-refractivity contribution is 0.0469. The van der Waals surface area contributed by atoms with E-state index in [0.29, 0.717) is 18.5 Å². The Kier molecular flexibility index (Phi) is 6.37. The van der Waals surface area contributed by atoms with Crippen LogP contribution >= 0.6 is 22.6 Å². The number of halogens is 3. The number of carboxylic acids is 1. The van der Waals surface area contributed by atoms with Crippen LogP contribution in [0.1, 0.15) is 39.1 Å². The molecule has 0 bridgehead atoms. The third kappa shape index (κ3) is 4.50. The van der Waals surface area contributed by atoms with Crippen LogP contribution in [0.15, 0.2) is 24.3 Å². The molecule has 1 unspecified atom stereocenters. The molecule has 0 aliphatic carbocycles. The summed E-state index contributed by atoms with van der Waals surface area (Å²) in [5.74, 6) is -5.21. The summed E-state index contributed by atoms with van der Waals surface area (Å²) in [5, 5.41) is 21.9. The van der Waals surface area contributed by atoms with Crippen LogP contribution in [-0.2, 0) is 0 Å². The Morgan fingerprint density at radius 3 is 2.55 bits per heavy atom. The molecule has 0 saturated carbocycles. The second-order valence-corrected chi connectivity index (χ2v) is 8.16. The van der Waals surface area contributed by atoms with Crippen LogP contribution in [0.3, 0.4) is 0 Å². The minimum atomic E-state index is -1.50. The van der Waals surface area contributed by atoms with Crippen molar-refractivity contribution < 1.29 is 28.6 Å². The van der Waals surface area contributed by atoms with Gasteiger partial charge in [0.1, 0.15) is 0 Å². The summed E-state index contributed by atoms with van der Waals surface area (Å²) in [6.07, 6.45) is 0.289. The fourth-order valence-electron chi connectivity index (χ4n) is 3.28. The number of nitrogens with zero attached hydrogens (tertiary/aromatic N) is 1. The van der Waals surface area contributed by atoms with Crippen LogP contribution in [0.25, 0.3) is 0 Å². The lowest BCUT2D eigenvalue weighted by atomic mass is 10.0. The average Bonchev–Trinajstić information content (AvgIpc) is 2.66. The zero-order chi connectivity index (χ0) is 21.3. The summed E-state index contributed by atoms with van der Waals surface area (Å²) in [7, 11) is 0. The Hall–Kier alpha value is -2.27. The number of aliphatic hydroxyl groups is 1. The number of amides is 1. The quantitative estimate of drug-likeness (QED) is 0.537. The van der Waals surface area contributed by atoms with Gasteiger partial charge in [0, 0.05) is 22.3 Å². The summed E-state index contributed by atoms with van der Waals surface area (Å²) < 4.78 is 30.5. The SMILES string of the molecule is Cc1cc(I)ccc1Nc1c(C(=O)O)cc(C(=O)N2CCCC(O)C2)c(F)c1F. The van der Waals surface area contributed by atoms with Gasteiger partial charge in [0.05, 0.1) is 22.9 Å². The number of carboxylic acid groups (broad SMARTS) is 1. The van der Waals surface area contributed by atoms with Crippen molar-refractivity contribution in [1.29, 1.82) is 0 Å². The van der Waals surface area contributed by atoms with Gasteiger partial charge >= 0.3 is 5.97 Å². The summed E-state index contributed by atoms with van der Waals surface area (Å²) in [5.41, 5.74) is -0.629. The van der Waals surface area contributed by atoms with Crippen molar-refractivity contribution in [1.82, 2.24) is 4.90 Å². The van der Waals surface area contributed by atoms with Gasteiger partial charge in [-0.3, -0.25) is 4.79 Å². The molecule has 2 aromatic carbocycles. The van der Waals surface area contributed by atoms with E-state index in [2.05, 4.69) is 27.9 Å². The number of likely N-dealkylation sites (tertiary alicyclic amines) is 1. The van der Waals surface area contributed by atoms with Gasteiger partial charge < -0.3 is 20.4 Å². The summed E-state index contributed by atoms with van der Waals surface area (Å²) in [6, 6.07) is 6.02. The first kappa shape index (κ1) is 21.4. The number of hydrogen-bond donors (Lipinski definition) is 3. The molecule has 1 aliphatic rings. The molecule has 29 heavy (non-hydrogen) atoms. The van der Waals surface area contributed by atoms with Crippen molar-refractivity contribution in [2.45, 2.75) is 25.9 Å². The average molecular weight is 516 g/mol. The maximum Gasteiger partial charge on any atom is 0.337 e. The number of hydrogen-bond acceptors (Lipinski definition) is 4. The van der Waals surface area contributed by atoms with Crippen LogP contribution < -0.4 is 5.32 Å². The molecule has 1 heterocycles. The van der Waals surface area contributed by atoms with Crippen LogP contribution in [0.2, 0.25) is 0 Å². The first-order valence-corrected chi connectivity index (χ1v) is 10.0. The van der Waals surface area contributed by atoms with Crippen LogP contribution in [-0.4, -0.2) is 46.2 Å². The van der Waals surface area contributed by atoms with Gasteiger partial charge in [-0.1, -0.05) is 0 Å². The molecule has 3 rings (SSSR count). The van der Waals surface area contributed by atoms with E-state index in [9.17, 15) is 28.6 Å². The van der Waals surface area contributed by atoms with Gasteiger partial charge in [0.2, 0.25) is 0 Å². The second kappa shape index (κ2) is 8.62. The Bertz CT molecular complexity index is 983. The van der Waals surface area contributed by atoms with E-state index < -0.39 is 46.4 Å². The van der Waals surface area contributed by atoms with Gasteiger partial charge in [-0.2, -0.15) is 0 Å². The van der Waals surface area contributed by atoms with Crippen LogP contribution in [0, 0.1) is 22.1 Å². The number of rotatable bonds is 4. The van der Waals surface area contributed by atoms with Crippen LogP contribution in [0.4, 0.5) is 20.2 Å². The standard InChI is InChI=1S/C20H19F2IN2O4/c1-10-7-11(23)4-5-15(10)24-18-14(20(28)29)8-13(16(21)17(18)22)19(27)25-6-2-3-12(26)9-25/h4-5,7-8,12,24,26H,2-3,6,9H2,1H3,(H,28,29). The topological polar surface area (TPSA) is 89.9 Å². The molecule has 3 N–H and O–H groups in total. The normalized spacial score (nSPS) is 16.6. The highest BCUT2D eigenvalue weighted by atomic mass is 127. The first-order valence-electron chi connectivity index (χ1n) is 8.94. The van der Waals surface area contributed by atoms with Gasteiger partial charge in [-0.15, -0.1) is 0 Å². The lowest BCUT2D eigenvalue weighted by Crippen LogP contribution is -2.42. The lowest BCUT2D eigenvalue weighted by Gasteiger charge is -2.30. The number of carbonyl (C=O) groups excluding carboxylic acids is 1. The number of aromatic carboxylic acids is 1. The predicted molar refractivity (Wildman–Crippen MR) is 112 cm³/mol. The van der Waals surface area contributed by atoms with Crippen LogP contribution in [0.5, 0.6) is 0 Å². The minimum Gasteiger partial charge on any atom is -0.478 e. The maximum absolute atomic E-state index is 14.9. The zero-order valence-electron chi connectivity index (χ0n) is 15.5. The number of benzene rings is 2. The molecule has 2 aromatic rings. The number of nitrogens with one attached hydrogen (secondary N) is 1. The molecule has 1 atom stereocenters. The second-order valence-electron chi connectivity index (χ2n) is 6.91. The van der Waals surface area contributed by atoms with Crippen molar-refractivity contribution >= 4 is 45.8 Å². The fourth-order valence-corrected chi connectivity index (χ4v) is 3.93. The number of aryl methyl sites for hydroxylation is 1. The van der Waals surface area contributed by atoms with Gasteiger partial charge in [-0.25, -0.2) is 13.6 Å². The van der Waals surface area contributed by atoms with E-state index in [1.807, 2.05) is 0 Å². The monoisotopic (exact) mass is 516 g/mol. The molecule has 154 valence electrons. The molecular weight excluding hydrogens is 497 g/mol. The molecule has 0 aromatic heterocycles. The van der Waals surface area contributed by atoms with E-state index in [4.69, 9.17) is 0 Å².